The maximum Gasteiger partial charge on any atom is 0.197 e. The molecule has 3 heteroatoms. The summed E-state index contributed by atoms with van der Waals surface area (Å²) in [5.74, 6) is 2.71. The number of aliphatic hydroxyl groups excluding tert-OH is 1. The van der Waals surface area contributed by atoms with Crippen LogP contribution < -0.4 is 0 Å². The van der Waals surface area contributed by atoms with E-state index in [9.17, 15) is 0 Å². The van der Waals surface area contributed by atoms with Crippen LogP contribution in [0.4, 0.5) is 0 Å². The van der Waals surface area contributed by atoms with Gasteiger partial charge in [-0.3, -0.25) is 0 Å². The zero-order valence-electron chi connectivity index (χ0n) is 8.20. The zero-order valence-corrected chi connectivity index (χ0v) is 8.20. The van der Waals surface area contributed by atoms with Gasteiger partial charge in [0.15, 0.2) is 11.7 Å². The second-order valence-electron chi connectivity index (χ2n) is 4.42. The van der Waals surface area contributed by atoms with Crippen LogP contribution in [0.3, 0.4) is 0 Å². The zero-order chi connectivity index (χ0) is 9.54. The molecule has 2 aliphatic carbocycles. The van der Waals surface area contributed by atoms with E-state index >= 15 is 0 Å². The van der Waals surface area contributed by atoms with Gasteiger partial charge in [0.1, 0.15) is 6.61 Å². The Labute approximate surface area is 83.1 Å². The van der Waals surface area contributed by atoms with Crippen molar-refractivity contribution in [1.82, 2.24) is 4.98 Å². The lowest BCUT2D eigenvalue weighted by atomic mass is 9.85. The molecule has 76 valence electrons. The molecule has 0 unspecified atom stereocenters. The van der Waals surface area contributed by atoms with Gasteiger partial charge in [-0.1, -0.05) is 6.42 Å². The minimum atomic E-state index is 0.00551. The van der Waals surface area contributed by atoms with Crippen LogP contribution in [0.5, 0.6) is 0 Å². The van der Waals surface area contributed by atoms with Gasteiger partial charge in [-0.05, 0) is 25.7 Å². The third-order valence-electron chi connectivity index (χ3n) is 3.31. The first-order valence-corrected chi connectivity index (χ1v) is 5.49. The molecule has 3 nitrogen and oxygen atoms in total. The van der Waals surface area contributed by atoms with Crippen LogP contribution in [0.25, 0.3) is 0 Å². The summed E-state index contributed by atoms with van der Waals surface area (Å²) in [7, 11) is 0. The molecule has 0 aromatic carbocycles. The Hall–Kier alpha value is -0.830. The van der Waals surface area contributed by atoms with Gasteiger partial charge in [0.05, 0.1) is 5.69 Å². The first kappa shape index (κ1) is 8.48. The first-order valence-electron chi connectivity index (χ1n) is 5.49. The minimum absolute atomic E-state index is 0.00551. The fourth-order valence-corrected chi connectivity index (χ4v) is 2.00. The SMILES string of the molecule is OCc1oc(C2CCC2)nc1C1CC1. The van der Waals surface area contributed by atoms with Crippen molar-refractivity contribution in [2.75, 3.05) is 0 Å². The van der Waals surface area contributed by atoms with E-state index in [0.29, 0.717) is 11.8 Å². The van der Waals surface area contributed by atoms with Gasteiger partial charge in [0, 0.05) is 11.8 Å². The summed E-state index contributed by atoms with van der Waals surface area (Å²) >= 11 is 0. The quantitative estimate of drug-likeness (QED) is 0.801. The highest BCUT2D eigenvalue weighted by atomic mass is 16.4. The number of oxazole rings is 1. The van der Waals surface area contributed by atoms with Gasteiger partial charge in [-0.25, -0.2) is 4.98 Å². The Bertz CT molecular complexity index is 337. The Morgan fingerprint density at radius 3 is 2.50 bits per heavy atom. The summed E-state index contributed by atoms with van der Waals surface area (Å²) < 4.78 is 5.61. The van der Waals surface area contributed by atoms with Gasteiger partial charge < -0.3 is 9.52 Å². The van der Waals surface area contributed by atoms with Crippen molar-refractivity contribution in [3.05, 3.63) is 17.3 Å². The summed E-state index contributed by atoms with van der Waals surface area (Å²) in [5, 5.41) is 9.15. The molecule has 1 heterocycles. The van der Waals surface area contributed by atoms with Crippen molar-refractivity contribution in [2.24, 2.45) is 0 Å². The predicted octanol–water partition coefficient (Wildman–Crippen LogP) is 2.31. The molecular weight excluding hydrogens is 178 g/mol. The fourth-order valence-electron chi connectivity index (χ4n) is 2.00. The number of nitrogens with zero attached hydrogens (tertiary/aromatic N) is 1. The van der Waals surface area contributed by atoms with E-state index in [2.05, 4.69) is 4.98 Å². The van der Waals surface area contributed by atoms with Crippen LogP contribution >= 0.6 is 0 Å². The largest absolute Gasteiger partial charge is 0.443 e. The van der Waals surface area contributed by atoms with Crippen LogP contribution in [-0.2, 0) is 6.61 Å². The number of hydrogen-bond donors (Lipinski definition) is 1. The minimum Gasteiger partial charge on any atom is -0.443 e. The van der Waals surface area contributed by atoms with E-state index in [4.69, 9.17) is 9.52 Å². The Balaban J connectivity index is 1.89. The Kier molecular flexibility index (Phi) is 1.87. The van der Waals surface area contributed by atoms with E-state index in [0.717, 1.165) is 17.3 Å². The van der Waals surface area contributed by atoms with Crippen LogP contribution in [0.2, 0.25) is 0 Å². The third kappa shape index (κ3) is 1.27. The fraction of sp³-hybridized carbons (Fsp3) is 0.727. The lowest BCUT2D eigenvalue weighted by Crippen LogP contribution is -2.08. The second-order valence-corrected chi connectivity index (χ2v) is 4.42. The van der Waals surface area contributed by atoms with Gasteiger partial charge in [-0.2, -0.15) is 0 Å². The van der Waals surface area contributed by atoms with Crippen molar-refractivity contribution in [1.29, 1.82) is 0 Å². The number of rotatable bonds is 3. The lowest BCUT2D eigenvalue weighted by molar-refractivity contribution is 0.232. The number of aromatic nitrogens is 1. The monoisotopic (exact) mass is 193 g/mol. The summed E-state index contributed by atoms with van der Waals surface area (Å²) in [6.45, 7) is 0.00551. The van der Waals surface area contributed by atoms with Crippen molar-refractivity contribution in [3.8, 4) is 0 Å². The molecule has 0 atom stereocenters. The summed E-state index contributed by atoms with van der Waals surface area (Å²) in [5.41, 5.74) is 1.04. The highest BCUT2D eigenvalue weighted by molar-refractivity contribution is 5.20. The maximum absolute atomic E-state index is 9.15. The van der Waals surface area contributed by atoms with E-state index in [1.54, 1.807) is 0 Å². The summed E-state index contributed by atoms with van der Waals surface area (Å²) in [6.07, 6.45) is 6.12. The molecule has 2 aliphatic rings. The molecule has 0 amide bonds. The smallest absolute Gasteiger partial charge is 0.197 e. The molecule has 2 fully saturated rings. The highest BCUT2D eigenvalue weighted by Crippen LogP contribution is 2.44. The molecule has 14 heavy (non-hydrogen) atoms. The number of aliphatic hydroxyl groups is 1. The van der Waals surface area contributed by atoms with E-state index < -0.39 is 0 Å². The molecule has 0 bridgehead atoms. The summed E-state index contributed by atoms with van der Waals surface area (Å²) in [6, 6.07) is 0. The maximum atomic E-state index is 9.15. The predicted molar refractivity (Wildman–Crippen MR) is 51.0 cm³/mol. The molecule has 1 aromatic heterocycles. The molecule has 1 N–H and O–H groups in total. The molecule has 1 aromatic rings. The molecule has 0 radical (unpaired) electrons. The van der Waals surface area contributed by atoms with Crippen molar-refractivity contribution < 1.29 is 9.52 Å². The van der Waals surface area contributed by atoms with E-state index in [-0.39, 0.29) is 6.61 Å². The third-order valence-corrected chi connectivity index (χ3v) is 3.31. The highest BCUT2D eigenvalue weighted by Gasteiger charge is 2.33. The van der Waals surface area contributed by atoms with Crippen LogP contribution in [0.15, 0.2) is 4.42 Å². The second kappa shape index (κ2) is 3.09. The van der Waals surface area contributed by atoms with Crippen LogP contribution in [0, 0.1) is 0 Å². The molecule has 2 saturated carbocycles. The van der Waals surface area contributed by atoms with E-state index in [1.165, 1.54) is 32.1 Å². The standard InChI is InChI=1S/C11H15NO2/c13-6-9-10(7-4-5-7)12-11(14-9)8-2-1-3-8/h7-8,13H,1-6H2. The Morgan fingerprint density at radius 1 is 1.21 bits per heavy atom. The summed E-state index contributed by atoms with van der Waals surface area (Å²) in [4.78, 5) is 4.54. The van der Waals surface area contributed by atoms with Crippen molar-refractivity contribution in [2.45, 2.75) is 50.5 Å². The normalized spacial score (nSPS) is 22.4. The van der Waals surface area contributed by atoms with Crippen molar-refractivity contribution in [3.63, 3.8) is 0 Å². The number of hydrogen-bond acceptors (Lipinski definition) is 3. The molecule has 0 aliphatic heterocycles. The molecule has 3 rings (SSSR count). The molecule has 0 spiro atoms. The lowest BCUT2D eigenvalue weighted by Gasteiger charge is -2.21. The van der Waals surface area contributed by atoms with Crippen molar-refractivity contribution >= 4 is 0 Å². The van der Waals surface area contributed by atoms with Gasteiger partial charge in [0.25, 0.3) is 0 Å². The first-order chi connectivity index (χ1) is 6.88. The van der Waals surface area contributed by atoms with Gasteiger partial charge in [-0.15, -0.1) is 0 Å². The van der Waals surface area contributed by atoms with E-state index in [1.807, 2.05) is 0 Å². The van der Waals surface area contributed by atoms with Crippen LogP contribution in [-0.4, -0.2) is 10.1 Å². The Morgan fingerprint density at radius 2 is 2.00 bits per heavy atom. The average Bonchev–Trinajstić information content (AvgIpc) is 2.85. The van der Waals surface area contributed by atoms with Gasteiger partial charge in [0.2, 0.25) is 0 Å². The molecule has 0 saturated heterocycles. The topological polar surface area (TPSA) is 46.3 Å². The average molecular weight is 193 g/mol. The van der Waals surface area contributed by atoms with Gasteiger partial charge >= 0.3 is 0 Å². The van der Waals surface area contributed by atoms with Crippen LogP contribution in [0.1, 0.15) is 61.3 Å². The molecular formula is C11H15NO2.